The molecule has 3 heterocycles. The molecule has 0 saturated heterocycles. The normalized spacial score (nSPS) is 21.7. The third-order valence-electron chi connectivity index (χ3n) is 5.55. The molecule has 5 heteroatoms. The number of anilines is 1. The summed E-state index contributed by atoms with van der Waals surface area (Å²) < 4.78 is 5.39. The molecule has 1 spiro atoms. The molecule has 1 amide bonds. The second-order valence-corrected chi connectivity index (χ2v) is 6.70. The largest absolute Gasteiger partial charge is 0.497 e. The number of fused-ring (bicyclic) bond motifs is 6. The summed E-state index contributed by atoms with van der Waals surface area (Å²) >= 11 is 0. The van der Waals surface area contributed by atoms with Crippen molar-refractivity contribution in [2.24, 2.45) is 0 Å². The molecule has 5 nitrogen and oxygen atoms in total. The van der Waals surface area contributed by atoms with Crippen LogP contribution in [0.1, 0.15) is 16.8 Å². The molecule has 25 heavy (non-hydrogen) atoms. The van der Waals surface area contributed by atoms with Gasteiger partial charge in [0.15, 0.2) is 5.54 Å². The van der Waals surface area contributed by atoms with E-state index >= 15 is 0 Å². The summed E-state index contributed by atoms with van der Waals surface area (Å²) in [6.07, 6.45) is 0.878. The number of aromatic nitrogens is 1. The third-order valence-corrected chi connectivity index (χ3v) is 5.55. The molecule has 0 radical (unpaired) electrons. The first-order valence-corrected chi connectivity index (χ1v) is 8.48. The number of hydrogen-bond donors (Lipinski definition) is 2. The molecule has 0 unspecified atom stereocenters. The minimum atomic E-state index is -0.828. The summed E-state index contributed by atoms with van der Waals surface area (Å²) in [6.45, 7) is 0.755. The zero-order chi connectivity index (χ0) is 17.2. The summed E-state index contributed by atoms with van der Waals surface area (Å²) in [7, 11) is 3.52. The quantitative estimate of drug-likeness (QED) is 0.719. The highest BCUT2D eigenvalue weighted by Gasteiger charge is 2.54. The Hall–Kier alpha value is -2.79. The molecule has 3 aromatic rings. The number of hydrogen-bond acceptors (Lipinski definition) is 3. The van der Waals surface area contributed by atoms with Gasteiger partial charge in [-0.15, -0.1) is 0 Å². The zero-order valence-electron chi connectivity index (χ0n) is 14.2. The van der Waals surface area contributed by atoms with Gasteiger partial charge in [0.2, 0.25) is 0 Å². The summed E-state index contributed by atoms with van der Waals surface area (Å²) in [4.78, 5) is 18.6. The number of likely N-dealkylation sites (N-methyl/N-ethyl adjacent to an activating group) is 1. The molecule has 2 aliphatic rings. The van der Waals surface area contributed by atoms with E-state index < -0.39 is 5.54 Å². The lowest BCUT2D eigenvalue weighted by Crippen LogP contribution is -2.54. The Balaban J connectivity index is 1.83. The van der Waals surface area contributed by atoms with Gasteiger partial charge < -0.3 is 14.6 Å². The number of ether oxygens (including phenoxy) is 1. The number of nitrogens with zero attached hydrogens (tertiary/aromatic N) is 1. The van der Waals surface area contributed by atoms with Crippen LogP contribution in [0.4, 0.5) is 5.69 Å². The Morgan fingerprint density at radius 1 is 1.20 bits per heavy atom. The van der Waals surface area contributed by atoms with Gasteiger partial charge in [-0.1, -0.05) is 18.2 Å². The molecule has 0 aliphatic carbocycles. The minimum Gasteiger partial charge on any atom is -0.497 e. The SMILES string of the molecule is COc1ccc2[nH]c3c(c2c1)CCN[C@@]31C(=O)N(C)c2ccccc21. The van der Waals surface area contributed by atoms with Crippen molar-refractivity contribution in [3.63, 3.8) is 0 Å². The molecule has 126 valence electrons. The van der Waals surface area contributed by atoms with Crippen molar-refractivity contribution in [2.45, 2.75) is 12.0 Å². The van der Waals surface area contributed by atoms with E-state index in [2.05, 4.69) is 16.4 Å². The van der Waals surface area contributed by atoms with Crippen molar-refractivity contribution >= 4 is 22.5 Å². The average Bonchev–Trinajstić information content (AvgIpc) is 3.13. The van der Waals surface area contributed by atoms with Gasteiger partial charge in [-0.05, 0) is 36.2 Å². The van der Waals surface area contributed by atoms with Crippen molar-refractivity contribution in [1.82, 2.24) is 10.3 Å². The van der Waals surface area contributed by atoms with E-state index in [1.54, 1.807) is 12.0 Å². The third kappa shape index (κ3) is 1.68. The van der Waals surface area contributed by atoms with Crippen LogP contribution in [0, 0.1) is 0 Å². The number of carbonyl (C=O) groups excluding carboxylic acids is 1. The van der Waals surface area contributed by atoms with E-state index in [0.29, 0.717) is 0 Å². The Morgan fingerprint density at radius 2 is 2.04 bits per heavy atom. The maximum absolute atomic E-state index is 13.3. The fourth-order valence-electron chi connectivity index (χ4n) is 4.37. The topological polar surface area (TPSA) is 57.4 Å². The maximum atomic E-state index is 13.3. The van der Waals surface area contributed by atoms with Crippen molar-refractivity contribution in [3.8, 4) is 5.75 Å². The lowest BCUT2D eigenvalue weighted by Gasteiger charge is -2.33. The predicted octanol–water partition coefficient (Wildman–Crippen LogP) is 2.54. The van der Waals surface area contributed by atoms with Gasteiger partial charge in [0, 0.05) is 35.7 Å². The number of carbonyl (C=O) groups is 1. The molecule has 5 rings (SSSR count). The van der Waals surface area contributed by atoms with E-state index in [1.807, 2.05) is 43.4 Å². The molecular formula is C20H19N3O2. The molecule has 2 aromatic carbocycles. The van der Waals surface area contributed by atoms with Gasteiger partial charge in [0.05, 0.1) is 12.8 Å². The maximum Gasteiger partial charge on any atom is 0.257 e. The summed E-state index contributed by atoms with van der Waals surface area (Å²) in [5.74, 6) is 0.894. The summed E-state index contributed by atoms with van der Waals surface area (Å²) in [5, 5.41) is 4.66. The van der Waals surface area contributed by atoms with E-state index in [0.717, 1.165) is 46.6 Å². The first-order valence-electron chi connectivity index (χ1n) is 8.48. The Morgan fingerprint density at radius 3 is 2.88 bits per heavy atom. The first-order chi connectivity index (χ1) is 12.2. The molecule has 2 N–H and O–H groups in total. The minimum absolute atomic E-state index is 0.0631. The van der Waals surface area contributed by atoms with Crippen LogP contribution < -0.4 is 15.0 Å². The number of para-hydroxylation sites is 1. The number of methoxy groups -OCH3 is 1. The fourth-order valence-corrected chi connectivity index (χ4v) is 4.37. The van der Waals surface area contributed by atoms with Gasteiger partial charge >= 0.3 is 0 Å². The fraction of sp³-hybridized carbons (Fsp3) is 0.250. The van der Waals surface area contributed by atoms with Crippen molar-refractivity contribution in [3.05, 3.63) is 59.3 Å². The van der Waals surface area contributed by atoms with Gasteiger partial charge in [0.25, 0.3) is 5.91 Å². The molecule has 1 aromatic heterocycles. The molecule has 0 saturated carbocycles. The van der Waals surface area contributed by atoms with E-state index in [-0.39, 0.29) is 5.91 Å². The lowest BCUT2D eigenvalue weighted by atomic mass is 9.82. The molecule has 0 fully saturated rings. The zero-order valence-corrected chi connectivity index (χ0v) is 14.2. The number of benzene rings is 2. The summed E-state index contributed by atoms with van der Waals surface area (Å²) in [5.41, 5.74) is 4.35. The highest BCUT2D eigenvalue weighted by molar-refractivity contribution is 6.10. The number of H-pyrrole nitrogens is 1. The predicted molar refractivity (Wildman–Crippen MR) is 97.2 cm³/mol. The van der Waals surface area contributed by atoms with E-state index in [9.17, 15) is 4.79 Å². The highest BCUT2D eigenvalue weighted by atomic mass is 16.5. The molecular weight excluding hydrogens is 314 g/mol. The first kappa shape index (κ1) is 14.5. The van der Waals surface area contributed by atoms with Crippen molar-refractivity contribution in [1.29, 1.82) is 0 Å². The van der Waals surface area contributed by atoms with Crippen LogP contribution >= 0.6 is 0 Å². The number of nitrogens with one attached hydrogen (secondary N) is 2. The van der Waals surface area contributed by atoms with Crippen LogP contribution in [0.3, 0.4) is 0 Å². The van der Waals surface area contributed by atoms with Crippen molar-refractivity contribution < 1.29 is 9.53 Å². The molecule has 1 atom stereocenters. The molecule has 0 bridgehead atoms. The molecule has 2 aliphatic heterocycles. The average molecular weight is 333 g/mol. The van der Waals surface area contributed by atoms with Gasteiger partial charge in [-0.2, -0.15) is 0 Å². The van der Waals surface area contributed by atoms with Gasteiger partial charge in [0.1, 0.15) is 5.75 Å². The van der Waals surface area contributed by atoms with Crippen LogP contribution in [-0.4, -0.2) is 31.6 Å². The van der Waals surface area contributed by atoms with Gasteiger partial charge in [-0.3, -0.25) is 10.1 Å². The van der Waals surface area contributed by atoms with E-state index in [1.165, 1.54) is 5.56 Å². The van der Waals surface area contributed by atoms with Crippen LogP contribution in [0.15, 0.2) is 42.5 Å². The standard InChI is InChI=1S/C20H19N3O2/c1-23-17-6-4-3-5-15(17)20(19(23)24)18-13(9-10-21-20)14-11-12(25-2)7-8-16(14)22-18/h3-8,11,21-22H,9-10H2,1-2H3/t20-/m1/s1. The highest BCUT2D eigenvalue weighted by Crippen LogP contribution is 2.47. The number of rotatable bonds is 1. The monoisotopic (exact) mass is 333 g/mol. The Bertz CT molecular complexity index is 1020. The second kappa shape index (κ2) is 4.86. The van der Waals surface area contributed by atoms with Crippen LogP contribution in [0.25, 0.3) is 10.9 Å². The lowest BCUT2D eigenvalue weighted by molar-refractivity contribution is -0.122. The van der Waals surface area contributed by atoms with E-state index in [4.69, 9.17) is 4.74 Å². The van der Waals surface area contributed by atoms with Gasteiger partial charge in [-0.25, -0.2) is 0 Å². The Labute approximate surface area is 145 Å². The number of aromatic amines is 1. The van der Waals surface area contributed by atoms with Crippen LogP contribution in [0.2, 0.25) is 0 Å². The van der Waals surface area contributed by atoms with Crippen molar-refractivity contribution in [2.75, 3.05) is 25.6 Å². The summed E-state index contributed by atoms with van der Waals surface area (Å²) in [6, 6.07) is 14.0. The second-order valence-electron chi connectivity index (χ2n) is 6.70. The number of amides is 1. The smallest absolute Gasteiger partial charge is 0.257 e. The van der Waals surface area contributed by atoms with Crippen LogP contribution in [0.5, 0.6) is 5.75 Å². The Kier molecular flexibility index (Phi) is 2.83. The van der Waals surface area contributed by atoms with Crippen LogP contribution in [-0.2, 0) is 16.8 Å².